The van der Waals surface area contributed by atoms with Gasteiger partial charge >= 0.3 is 6.03 Å². The van der Waals surface area contributed by atoms with E-state index in [1.807, 2.05) is 24.3 Å². The molecular formula is C20H31ClN4O3+2. The highest BCUT2D eigenvalue weighted by Crippen LogP contribution is 2.17. The molecule has 1 aromatic rings. The predicted molar refractivity (Wildman–Crippen MR) is 107 cm³/mol. The summed E-state index contributed by atoms with van der Waals surface area (Å²) in [5.41, 5.74) is 0. The maximum Gasteiger partial charge on any atom is 0.321 e. The summed E-state index contributed by atoms with van der Waals surface area (Å²) in [5, 5.41) is 6.07. The topological polar surface area (TPSA) is 76.3 Å². The Balaban J connectivity index is 1.27. The normalized spacial score (nSPS) is 22.6. The van der Waals surface area contributed by atoms with Crippen molar-refractivity contribution in [2.75, 3.05) is 45.9 Å². The van der Waals surface area contributed by atoms with E-state index in [1.54, 1.807) is 0 Å². The zero-order valence-corrected chi connectivity index (χ0v) is 17.0. The molecule has 28 heavy (non-hydrogen) atoms. The minimum absolute atomic E-state index is 0.194. The minimum atomic E-state index is -0.347. The second-order valence-electron chi connectivity index (χ2n) is 7.73. The first-order valence-corrected chi connectivity index (χ1v) is 10.6. The van der Waals surface area contributed by atoms with Crippen molar-refractivity contribution in [1.29, 1.82) is 0 Å². The first-order valence-electron chi connectivity index (χ1n) is 10.2. The Morgan fingerprint density at radius 3 is 2.36 bits per heavy atom. The van der Waals surface area contributed by atoms with Crippen molar-refractivity contribution in [3.05, 3.63) is 29.3 Å². The van der Waals surface area contributed by atoms with Gasteiger partial charge in [-0.1, -0.05) is 24.4 Å². The summed E-state index contributed by atoms with van der Waals surface area (Å²) in [6, 6.07) is 7.28. The molecule has 2 fully saturated rings. The van der Waals surface area contributed by atoms with Gasteiger partial charge in [0.05, 0.1) is 0 Å². The van der Waals surface area contributed by atoms with E-state index in [0.717, 1.165) is 64.2 Å². The van der Waals surface area contributed by atoms with Crippen molar-refractivity contribution >= 4 is 23.5 Å². The van der Waals surface area contributed by atoms with Gasteiger partial charge in [-0.15, -0.1) is 0 Å². The highest BCUT2D eigenvalue weighted by atomic mass is 35.5. The van der Waals surface area contributed by atoms with Crippen LogP contribution in [0, 0.1) is 0 Å². The third-order valence-electron chi connectivity index (χ3n) is 5.56. The second-order valence-corrected chi connectivity index (χ2v) is 8.17. The number of amides is 3. The molecule has 3 rings (SSSR count). The van der Waals surface area contributed by atoms with Crippen molar-refractivity contribution in [1.82, 2.24) is 10.6 Å². The quantitative estimate of drug-likeness (QED) is 0.479. The number of carbonyl (C=O) groups is 2. The van der Waals surface area contributed by atoms with Gasteiger partial charge in [0.2, 0.25) is 0 Å². The van der Waals surface area contributed by atoms with Gasteiger partial charge < -0.3 is 19.9 Å². The van der Waals surface area contributed by atoms with Gasteiger partial charge in [-0.05, 0) is 37.1 Å². The Bertz CT molecular complexity index is 641. The number of hydrogen-bond donors (Lipinski definition) is 4. The number of urea groups is 1. The molecule has 1 aliphatic heterocycles. The largest absolute Gasteiger partial charge is 0.488 e. The van der Waals surface area contributed by atoms with E-state index in [9.17, 15) is 9.59 Å². The molecular weight excluding hydrogens is 380 g/mol. The van der Waals surface area contributed by atoms with Crippen LogP contribution in [-0.2, 0) is 4.79 Å². The van der Waals surface area contributed by atoms with Gasteiger partial charge in [0.15, 0.2) is 6.54 Å². The SMILES string of the molecule is O=C(C[NH+]1CC[NH+](CCOc2ccc(Cl)cc2)CC1)NC(=O)NC1CCCC1. The summed E-state index contributed by atoms with van der Waals surface area (Å²) in [6.45, 7) is 5.80. The molecule has 1 aliphatic carbocycles. The van der Waals surface area contributed by atoms with Gasteiger partial charge in [-0.3, -0.25) is 10.1 Å². The number of quaternary nitrogens is 2. The maximum absolute atomic E-state index is 12.1. The van der Waals surface area contributed by atoms with Crippen LogP contribution >= 0.6 is 11.6 Å². The summed E-state index contributed by atoms with van der Waals surface area (Å²) < 4.78 is 5.76. The molecule has 0 spiro atoms. The maximum atomic E-state index is 12.1. The number of carbonyl (C=O) groups excluding carboxylic acids is 2. The van der Waals surface area contributed by atoms with Crippen LogP contribution in [0.5, 0.6) is 5.75 Å². The van der Waals surface area contributed by atoms with Crippen LogP contribution in [0.4, 0.5) is 4.79 Å². The van der Waals surface area contributed by atoms with Crippen molar-refractivity contribution in [3.63, 3.8) is 0 Å². The average molecular weight is 411 g/mol. The molecule has 4 N–H and O–H groups in total. The highest BCUT2D eigenvalue weighted by molar-refractivity contribution is 6.30. The molecule has 1 heterocycles. The monoisotopic (exact) mass is 410 g/mol. The fraction of sp³-hybridized carbons (Fsp3) is 0.600. The van der Waals surface area contributed by atoms with Gasteiger partial charge in [-0.2, -0.15) is 0 Å². The molecule has 8 heteroatoms. The van der Waals surface area contributed by atoms with E-state index in [0.29, 0.717) is 18.2 Å². The lowest BCUT2D eigenvalue weighted by Crippen LogP contribution is -3.28. The summed E-state index contributed by atoms with van der Waals surface area (Å²) in [7, 11) is 0. The summed E-state index contributed by atoms with van der Waals surface area (Å²) >= 11 is 5.87. The minimum Gasteiger partial charge on any atom is -0.488 e. The van der Waals surface area contributed by atoms with Crippen molar-refractivity contribution in [2.24, 2.45) is 0 Å². The van der Waals surface area contributed by atoms with Crippen LogP contribution in [0.3, 0.4) is 0 Å². The number of piperazine rings is 1. The molecule has 0 unspecified atom stereocenters. The van der Waals surface area contributed by atoms with E-state index < -0.39 is 0 Å². The number of rotatable bonds is 7. The average Bonchev–Trinajstić information content (AvgIpc) is 3.17. The molecule has 154 valence electrons. The van der Waals surface area contributed by atoms with E-state index in [1.165, 1.54) is 9.80 Å². The standard InChI is InChI=1S/C20H29ClN4O3/c21-16-5-7-18(8-6-16)28-14-13-24-9-11-25(12-10-24)15-19(26)23-20(27)22-17-3-1-2-4-17/h5-8,17H,1-4,9-15H2,(H2,22,23,26,27)/p+2. The van der Waals surface area contributed by atoms with Crippen molar-refractivity contribution in [3.8, 4) is 5.75 Å². The highest BCUT2D eigenvalue weighted by Gasteiger charge is 2.25. The van der Waals surface area contributed by atoms with Gasteiger partial charge in [-0.25, -0.2) is 4.79 Å². The third-order valence-corrected chi connectivity index (χ3v) is 5.81. The molecule has 7 nitrogen and oxygen atoms in total. The molecule has 1 saturated carbocycles. The second kappa shape index (κ2) is 10.6. The molecule has 3 amide bonds. The van der Waals surface area contributed by atoms with E-state index in [-0.39, 0.29) is 18.0 Å². The Morgan fingerprint density at radius 2 is 1.68 bits per heavy atom. The van der Waals surface area contributed by atoms with Gasteiger partial charge in [0.25, 0.3) is 5.91 Å². The van der Waals surface area contributed by atoms with Crippen molar-refractivity contribution < 1.29 is 24.1 Å². The van der Waals surface area contributed by atoms with Crippen LogP contribution < -0.4 is 25.2 Å². The van der Waals surface area contributed by atoms with Crippen LogP contribution in [0.15, 0.2) is 24.3 Å². The fourth-order valence-corrected chi connectivity index (χ4v) is 4.04. The summed E-state index contributed by atoms with van der Waals surface area (Å²) in [5.74, 6) is 0.639. The van der Waals surface area contributed by atoms with Crippen LogP contribution in [0.1, 0.15) is 25.7 Å². The van der Waals surface area contributed by atoms with Gasteiger partial charge in [0.1, 0.15) is 45.1 Å². The predicted octanol–water partition coefficient (Wildman–Crippen LogP) is -0.729. The van der Waals surface area contributed by atoms with E-state index in [2.05, 4.69) is 10.6 Å². The fourth-order valence-electron chi connectivity index (χ4n) is 3.92. The number of benzene rings is 1. The number of hydrogen-bond acceptors (Lipinski definition) is 3. The Kier molecular flexibility index (Phi) is 7.94. The molecule has 1 aromatic carbocycles. The van der Waals surface area contributed by atoms with E-state index in [4.69, 9.17) is 16.3 Å². The first kappa shape index (κ1) is 20.9. The third kappa shape index (κ3) is 6.96. The Hall–Kier alpha value is -1.83. The zero-order chi connectivity index (χ0) is 19.8. The number of ether oxygens (including phenoxy) is 1. The van der Waals surface area contributed by atoms with Gasteiger partial charge in [0, 0.05) is 11.1 Å². The number of nitrogens with one attached hydrogen (secondary N) is 4. The number of imide groups is 1. The van der Waals surface area contributed by atoms with Crippen LogP contribution in [0.25, 0.3) is 0 Å². The van der Waals surface area contributed by atoms with Crippen molar-refractivity contribution in [2.45, 2.75) is 31.7 Å². The zero-order valence-electron chi connectivity index (χ0n) is 16.3. The molecule has 0 radical (unpaired) electrons. The van der Waals surface area contributed by atoms with Crippen LogP contribution in [0.2, 0.25) is 5.02 Å². The smallest absolute Gasteiger partial charge is 0.321 e. The molecule has 0 bridgehead atoms. The lowest BCUT2D eigenvalue weighted by atomic mass is 10.2. The Labute approximate surface area is 171 Å². The Morgan fingerprint density at radius 1 is 1.04 bits per heavy atom. The molecule has 0 aromatic heterocycles. The number of halogens is 1. The molecule has 0 atom stereocenters. The first-order chi connectivity index (χ1) is 13.6. The molecule has 1 saturated heterocycles. The van der Waals surface area contributed by atoms with E-state index >= 15 is 0 Å². The lowest BCUT2D eigenvalue weighted by Gasteiger charge is -2.29. The molecule has 2 aliphatic rings. The summed E-state index contributed by atoms with van der Waals surface area (Å²) in [4.78, 5) is 26.7. The summed E-state index contributed by atoms with van der Waals surface area (Å²) in [6.07, 6.45) is 4.33. The lowest BCUT2D eigenvalue weighted by molar-refractivity contribution is -1.01. The van der Waals surface area contributed by atoms with Crippen LogP contribution in [-0.4, -0.2) is 63.9 Å².